The van der Waals surface area contributed by atoms with Crippen LogP contribution in [0, 0.1) is 27.7 Å². The summed E-state index contributed by atoms with van der Waals surface area (Å²) in [6.45, 7) is 8.37. The van der Waals surface area contributed by atoms with Gasteiger partial charge in [-0.15, -0.1) is 0 Å². The summed E-state index contributed by atoms with van der Waals surface area (Å²) in [6.07, 6.45) is 1.77. The Morgan fingerprint density at radius 2 is 1.75 bits per heavy atom. The molecule has 0 heterocycles. The average molecular weight is 235 g/mol. The Balaban J connectivity index is 3.12. The van der Waals surface area contributed by atoms with Crippen molar-refractivity contribution in [3.63, 3.8) is 0 Å². The standard InChI is InChI=1S/C12H17N3S/c1-7-5-8(2)10(4)11(9(7)3)6-14-15-12(13)16/h5-6H,1-4H3,(H3,13,15,16). The predicted molar refractivity (Wildman–Crippen MR) is 72.9 cm³/mol. The Kier molecular flexibility index (Phi) is 4.01. The number of hydrazone groups is 1. The number of aryl methyl sites for hydroxylation is 2. The second-order valence-corrected chi connectivity index (χ2v) is 4.35. The van der Waals surface area contributed by atoms with Gasteiger partial charge in [0.15, 0.2) is 5.11 Å². The molecule has 0 atom stereocenters. The van der Waals surface area contributed by atoms with Crippen molar-refractivity contribution in [2.24, 2.45) is 10.8 Å². The summed E-state index contributed by atoms with van der Waals surface area (Å²) in [4.78, 5) is 0. The van der Waals surface area contributed by atoms with E-state index in [0.29, 0.717) is 0 Å². The quantitative estimate of drug-likeness (QED) is 0.469. The molecule has 0 bridgehead atoms. The first-order valence-electron chi connectivity index (χ1n) is 5.09. The zero-order valence-corrected chi connectivity index (χ0v) is 10.9. The third-order valence-corrected chi connectivity index (χ3v) is 2.88. The van der Waals surface area contributed by atoms with Gasteiger partial charge >= 0.3 is 0 Å². The van der Waals surface area contributed by atoms with Crippen LogP contribution in [-0.4, -0.2) is 11.3 Å². The van der Waals surface area contributed by atoms with Crippen LogP contribution in [0.2, 0.25) is 0 Å². The van der Waals surface area contributed by atoms with Gasteiger partial charge in [-0.2, -0.15) is 5.10 Å². The van der Waals surface area contributed by atoms with Crippen LogP contribution in [0.4, 0.5) is 0 Å². The Labute approximate surface area is 102 Å². The van der Waals surface area contributed by atoms with Gasteiger partial charge in [-0.1, -0.05) is 6.07 Å². The number of rotatable bonds is 2. The van der Waals surface area contributed by atoms with Gasteiger partial charge in [0.25, 0.3) is 0 Å². The van der Waals surface area contributed by atoms with Crippen molar-refractivity contribution in [3.8, 4) is 0 Å². The van der Waals surface area contributed by atoms with Crippen molar-refractivity contribution in [2.75, 3.05) is 0 Å². The van der Waals surface area contributed by atoms with E-state index in [-0.39, 0.29) is 5.11 Å². The maximum Gasteiger partial charge on any atom is 0.184 e. The minimum absolute atomic E-state index is 0.177. The Morgan fingerprint density at radius 1 is 1.25 bits per heavy atom. The van der Waals surface area contributed by atoms with E-state index in [1.807, 2.05) is 0 Å². The van der Waals surface area contributed by atoms with Crippen LogP contribution in [0.5, 0.6) is 0 Å². The summed E-state index contributed by atoms with van der Waals surface area (Å²) in [5, 5.41) is 4.18. The number of nitrogens with one attached hydrogen (secondary N) is 1. The molecule has 0 saturated carbocycles. The van der Waals surface area contributed by atoms with Gasteiger partial charge < -0.3 is 5.73 Å². The molecule has 1 aromatic carbocycles. The molecule has 16 heavy (non-hydrogen) atoms. The fourth-order valence-electron chi connectivity index (χ4n) is 1.60. The molecule has 0 amide bonds. The molecular weight excluding hydrogens is 218 g/mol. The zero-order chi connectivity index (χ0) is 12.3. The monoisotopic (exact) mass is 235 g/mol. The molecule has 0 radical (unpaired) electrons. The Morgan fingerprint density at radius 3 is 2.19 bits per heavy atom. The van der Waals surface area contributed by atoms with E-state index in [2.05, 4.69) is 56.5 Å². The molecule has 0 unspecified atom stereocenters. The second-order valence-electron chi connectivity index (χ2n) is 3.91. The topological polar surface area (TPSA) is 50.4 Å². The van der Waals surface area contributed by atoms with Crippen molar-refractivity contribution >= 4 is 23.5 Å². The fraction of sp³-hybridized carbons (Fsp3) is 0.333. The van der Waals surface area contributed by atoms with Gasteiger partial charge in [0.2, 0.25) is 0 Å². The number of benzene rings is 1. The Hall–Kier alpha value is -1.42. The van der Waals surface area contributed by atoms with E-state index in [0.717, 1.165) is 5.56 Å². The molecule has 3 N–H and O–H groups in total. The molecule has 0 aliphatic heterocycles. The molecule has 0 aliphatic carbocycles. The maximum atomic E-state index is 5.30. The Bertz CT molecular complexity index is 424. The number of hydrogen-bond acceptors (Lipinski definition) is 2. The van der Waals surface area contributed by atoms with Crippen LogP contribution < -0.4 is 11.2 Å². The second kappa shape index (κ2) is 5.07. The van der Waals surface area contributed by atoms with Gasteiger partial charge in [0.1, 0.15) is 0 Å². The number of hydrogen-bond donors (Lipinski definition) is 2. The van der Waals surface area contributed by atoms with E-state index < -0.39 is 0 Å². The SMILES string of the molecule is Cc1cc(C)c(C)c(C=NNC(N)=S)c1C. The molecular formula is C12H17N3S. The highest BCUT2D eigenvalue weighted by Gasteiger charge is 2.05. The minimum atomic E-state index is 0.177. The van der Waals surface area contributed by atoms with Crippen LogP contribution in [0.25, 0.3) is 0 Å². The average Bonchev–Trinajstić information content (AvgIpc) is 2.20. The molecule has 0 saturated heterocycles. The summed E-state index contributed by atoms with van der Waals surface area (Å²) < 4.78 is 0. The molecule has 0 fully saturated rings. The first kappa shape index (κ1) is 12.6. The molecule has 0 spiro atoms. The molecule has 3 nitrogen and oxygen atoms in total. The molecule has 0 aromatic heterocycles. The molecule has 4 heteroatoms. The van der Waals surface area contributed by atoms with Crippen molar-refractivity contribution in [3.05, 3.63) is 33.9 Å². The van der Waals surface area contributed by atoms with E-state index in [1.165, 1.54) is 22.3 Å². The van der Waals surface area contributed by atoms with E-state index in [4.69, 9.17) is 5.73 Å². The summed E-state index contributed by atoms with van der Waals surface area (Å²) in [7, 11) is 0. The lowest BCUT2D eigenvalue weighted by atomic mass is 9.95. The zero-order valence-electron chi connectivity index (χ0n) is 10.1. The highest BCUT2D eigenvalue weighted by atomic mass is 32.1. The largest absolute Gasteiger partial charge is 0.375 e. The summed E-state index contributed by atoms with van der Waals surface area (Å²) in [5.74, 6) is 0. The normalized spacial score (nSPS) is 10.8. The van der Waals surface area contributed by atoms with Crippen molar-refractivity contribution in [1.29, 1.82) is 0 Å². The van der Waals surface area contributed by atoms with Gasteiger partial charge in [-0.25, -0.2) is 0 Å². The smallest absolute Gasteiger partial charge is 0.184 e. The summed E-state index contributed by atoms with van der Waals surface area (Å²) in [6, 6.07) is 2.18. The predicted octanol–water partition coefficient (Wildman–Crippen LogP) is 2.09. The molecule has 1 aromatic rings. The highest BCUT2D eigenvalue weighted by molar-refractivity contribution is 7.80. The number of nitrogens with zero attached hydrogens (tertiary/aromatic N) is 1. The van der Waals surface area contributed by atoms with Crippen LogP contribution in [0.1, 0.15) is 27.8 Å². The van der Waals surface area contributed by atoms with Gasteiger partial charge in [-0.05, 0) is 62.2 Å². The molecule has 0 aliphatic rings. The van der Waals surface area contributed by atoms with E-state index in [9.17, 15) is 0 Å². The van der Waals surface area contributed by atoms with Crippen molar-refractivity contribution < 1.29 is 0 Å². The van der Waals surface area contributed by atoms with Crippen LogP contribution in [0.3, 0.4) is 0 Å². The number of thiocarbonyl (C=S) groups is 1. The molecule has 86 valence electrons. The number of nitrogens with two attached hydrogens (primary N) is 1. The van der Waals surface area contributed by atoms with Crippen LogP contribution in [-0.2, 0) is 0 Å². The maximum absolute atomic E-state index is 5.30. The lowest BCUT2D eigenvalue weighted by molar-refractivity contribution is 1.04. The first-order valence-corrected chi connectivity index (χ1v) is 5.50. The van der Waals surface area contributed by atoms with Gasteiger partial charge in [0, 0.05) is 5.56 Å². The van der Waals surface area contributed by atoms with E-state index in [1.54, 1.807) is 6.21 Å². The van der Waals surface area contributed by atoms with Gasteiger partial charge in [0.05, 0.1) is 6.21 Å². The third kappa shape index (κ3) is 2.79. The van der Waals surface area contributed by atoms with Gasteiger partial charge in [-0.3, -0.25) is 5.43 Å². The molecule has 1 rings (SSSR count). The first-order chi connectivity index (χ1) is 7.43. The summed E-state index contributed by atoms with van der Waals surface area (Å²) >= 11 is 4.68. The van der Waals surface area contributed by atoms with Crippen LogP contribution >= 0.6 is 12.2 Å². The minimum Gasteiger partial charge on any atom is -0.375 e. The van der Waals surface area contributed by atoms with Crippen LogP contribution in [0.15, 0.2) is 11.2 Å². The van der Waals surface area contributed by atoms with E-state index >= 15 is 0 Å². The highest BCUT2D eigenvalue weighted by Crippen LogP contribution is 2.19. The summed E-state index contributed by atoms with van der Waals surface area (Å²) in [5.41, 5.74) is 14.0. The van der Waals surface area contributed by atoms with Crippen molar-refractivity contribution in [2.45, 2.75) is 27.7 Å². The third-order valence-electron chi connectivity index (χ3n) is 2.79. The lowest BCUT2D eigenvalue weighted by Crippen LogP contribution is -2.24. The van der Waals surface area contributed by atoms with Crippen molar-refractivity contribution in [1.82, 2.24) is 5.43 Å². The fourth-order valence-corrected chi connectivity index (χ4v) is 1.65. The lowest BCUT2D eigenvalue weighted by Gasteiger charge is -2.11.